The molecule has 2 aromatic carbocycles. The van der Waals surface area contributed by atoms with E-state index >= 15 is 0 Å². The lowest BCUT2D eigenvalue weighted by atomic mass is 9.85. The Kier molecular flexibility index (Phi) is 7.25. The van der Waals surface area contributed by atoms with E-state index in [1.165, 1.54) is 17.0 Å². The van der Waals surface area contributed by atoms with Gasteiger partial charge in [0.2, 0.25) is 5.91 Å². The van der Waals surface area contributed by atoms with Crippen LogP contribution in [0.4, 0.5) is 14.5 Å². The van der Waals surface area contributed by atoms with Crippen molar-refractivity contribution in [3.8, 4) is 16.9 Å². The lowest BCUT2D eigenvalue weighted by molar-refractivity contribution is -0.124. The molecule has 1 N–H and O–H groups in total. The maximum absolute atomic E-state index is 14.8. The van der Waals surface area contributed by atoms with E-state index in [0.717, 1.165) is 11.3 Å². The molecule has 220 valence electrons. The van der Waals surface area contributed by atoms with Crippen LogP contribution in [0, 0.1) is 25.5 Å². The number of piperidine rings is 1. The Hall–Kier alpha value is -4.93. The number of hydrogen-bond donors (Lipinski definition) is 1. The number of aliphatic imine (C=N–C) groups is 1. The highest BCUT2D eigenvalue weighted by molar-refractivity contribution is 5.96. The summed E-state index contributed by atoms with van der Waals surface area (Å²) >= 11 is 0. The Morgan fingerprint density at radius 2 is 1.79 bits per heavy atom. The first-order valence-corrected chi connectivity index (χ1v) is 14.1. The second kappa shape index (κ2) is 11.0. The van der Waals surface area contributed by atoms with Crippen LogP contribution >= 0.6 is 0 Å². The molecule has 0 saturated carbocycles. The number of hydrogen-bond acceptors (Lipinski definition) is 6. The highest BCUT2D eigenvalue weighted by Gasteiger charge is 2.51. The van der Waals surface area contributed by atoms with E-state index in [1.54, 1.807) is 74.6 Å². The van der Waals surface area contributed by atoms with Crippen molar-refractivity contribution in [2.24, 2.45) is 4.99 Å². The fourth-order valence-electron chi connectivity index (χ4n) is 6.04. The van der Waals surface area contributed by atoms with Crippen molar-refractivity contribution >= 4 is 23.7 Å². The van der Waals surface area contributed by atoms with Gasteiger partial charge in [0.05, 0.1) is 18.1 Å². The second-order valence-electron chi connectivity index (χ2n) is 11.0. The average molecular weight is 584 g/mol. The number of amides is 2. The first-order valence-electron chi connectivity index (χ1n) is 14.1. The summed E-state index contributed by atoms with van der Waals surface area (Å²) in [6.07, 6.45) is 5.55. The van der Waals surface area contributed by atoms with E-state index in [-0.39, 0.29) is 23.3 Å². The summed E-state index contributed by atoms with van der Waals surface area (Å²) in [6.45, 7) is 4.40. The number of anilines is 1. The molecule has 4 aromatic rings. The van der Waals surface area contributed by atoms with Gasteiger partial charge in [0, 0.05) is 61.6 Å². The third kappa shape index (κ3) is 4.94. The molecular formula is C32H31F2N7O2. The SMILES string of the molecule is CN=Cc1ccc(-n2nc(C(=O)N3CCC4(CC3)C(=O)NCN4c3cc(C)c(F)c(C)c3)cc2-c2cccnc2)cc1F. The number of aromatic nitrogens is 3. The minimum absolute atomic E-state index is 0.0963. The number of pyridine rings is 1. The molecule has 2 fully saturated rings. The Morgan fingerprint density at radius 3 is 2.44 bits per heavy atom. The average Bonchev–Trinajstić information content (AvgIpc) is 3.59. The molecule has 0 aliphatic carbocycles. The van der Waals surface area contributed by atoms with E-state index in [1.807, 2.05) is 11.0 Å². The van der Waals surface area contributed by atoms with Crippen LogP contribution in [0.3, 0.4) is 0 Å². The van der Waals surface area contributed by atoms with Crippen LogP contribution in [-0.2, 0) is 4.79 Å². The van der Waals surface area contributed by atoms with Gasteiger partial charge in [-0.25, -0.2) is 13.5 Å². The standard InChI is InChI=1S/C32H31F2N7O2/c1-20-13-25(14-21(2)29(20)34)40-19-37-31(43)32(40)8-11-39(12-9-32)30(42)27-16-28(23-5-4-10-36-18-23)41(38-27)24-7-6-22(17-35-3)26(33)15-24/h4-7,10,13-18H,8-9,11-12,19H2,1-3H3,(H,37,43). The van der Waals surface area contributed by atoms with Gasteiger partial charge in [-0.15, -0.1) is 0 Å². The summed E-state index contributed by atoms with van der Waals surface area (Å²) < 4.78 is 30.7. The predicted octanol–water partition coefficient (Wildman–Crippen LogP) is 4.45. The van der Waals surface area contributed by atoms with Crippen molar-refractivity contribution in [1.82, 2.24) is 25.0 Å². The maximum atomic E-state index is 14.8. The molecule has 0 unspecified atom stereocenters. The monoisotopic (exact) mass is 583 g/mol. The van der Waals surface area contributed by atoms with Crippen molar-refractivity contribution < 1.29 is 18.4 Å². The number of benzene rings is 2. The summed E-state index contributed by atoms with van der Waals surface area (Å²) in [5, 5.41) is 7.57. The Balaban J connectivity index is 1.28. The molecule has 0 bridgehead atoms. The Labute approximate surface area is 247 Å². The van der Waals surface area contributed by atoms with Crippen LogP contribution in [0.2, 0.25) is 0 Å². The summed E-state index contributed by atoms with van der Waals surface area (Å²) in [4.78, 5) is 38.7. The summed E-state index contributed by atoms with van der Waals surface area (Å²) in [6, 6.07) is 13.5. The lowest BCUT2D eigenvalue weighted by Gasteiger charge is -2.43. The molecule has 9 nitrogen and oxygen atoms in total. The Bertz CT molecular complexity index is 1720. The first kappa shape index (κ1) is 28.2. The number of halogens is 2. The lowest BCUT2D eigenvalue weighted by Crippen LogP contribution is -2.57. The minimum Gasteiger partial charge on any atom is -0.339 e. The fourth-order valence-corrected chi connectivity index (χ4v) is 6.04. The summed E-state index contributed by atoms with van der Waals surface area (Å²) in [5.41, 5.74) is 3.27. The predicted molar refractivity (Wildman–Crippen MR) is 160 cm³/mol. The third-order valence-electron chi connectivity index (χ3n) is 8.33. The van der Waals surface area contributed by atoms with Crippen molar-refractivity contribution in [3.63, 3.8) is 0 Å². The fraction of sp³-hybridized carbons (Fsp3) is 0.281. The number of nitrogens with one attached hydrogen (secondary N) is 1. The minimum atomic E-state index is -0.839. The molecule has 2 aliphatic rings. The molecule has 0 radical (unpaired) electrons. The van der Waals surface area contributed by atoms with Crippen LogP contribution in [-0.4, -0.2) is 70.0 Å². The zero-order chi connectivity index (χ0) is 30.3. The molecular weight excluding hydrogens is 552 g/mol. The molecule has 4 heterocycles. The number of carbonyl (C=O) groups excluding carboxylic acids is 2. The number of aryl methyl sites for hydroxylation is 2. The van der Waals surface area contributed by atoms with Gasteiger partial charge in [-0.1, -0.05) is 0 Å². The van der Waals surface area contributed by atoms with Gasteiger partial charge in [-0.3, -0.25) is 19.6 Å². The quantitative estimate of drug-likeness (QED) is 0.351. The van der Waals surface area contributed by atoms with Crippen molar-refractivity contribution in [1.29, 1.82) is 0 Å². The molecule has 2 saturated heterocycles. The number of rotatable bonds is 5. The van der Waals surface area contributed by atoms with Crippen LogP contribution in [0.15, 0.2) is 65.9 Å². The summed E-state index contributed by atoms with van der Waals surface area (Å²) in [7, 11) is 1.57. The van der Waals surface area contributed by atoms with E-state index in [0.29, 0.717) is 60.7 Å². The number of nitrogens with zero attached hydrogens (tertiary/aromatic N) is 6. The molecule has 2 amide bonds. The topological polar surface area (TPSA) is 95.7 Å². The van der Waals surface area contributed by atoms with Crippen LogP contribution in [0.5, 0.6) is 0 Å². The number of carbonyl (C=O) groups is 2. The molecule has 2 aliphatic heterocycles. The van der Waals surface area contributed by atoms with Crippen molar-refractivity contribution in [3.05, 3.63) is 94.9 Å². The van der Waals surface area contributed by atoms with Crippen LogP contribution in [0.1, 0.15) is 40.0 Å². The van der Waals surface area contributed by atoms with Gasteiger partial charge in [0.1, 0.15) is 17.2 Å². The smallest absolute Gasteiger partial charge is 0.274 e. The largest absolute Gasteiger partial charge is 0.339 e. The summed E-state index contributed by atoms with van der Waals surface area (Å²) in [5.74, 6) is -1.10. The number of likely N-dealkylation sites (tertiary alicyclic amines) is 1. The maximum Gasteiger partial charge on any atom is 0.274 e. The third-order valence-corrected chi connectivity index (χ3v) is 8.33. The second-order valence-corrected chi connectivity index (χ2v) is 11.0. The van der Waals surface area contributed by atoms with Crippen molar-refractivity contribution in [2.75, 3.05) is 31.7 Å². The van der Waals surface area contributed by atoms with Gasteiger partial charge in [-0.05, 0) is 80.3 Å². The Morgan fingerprint density at radius 1 is 1.05 bits per heavy atom. The molecule has 1 spiro atoms. The van der Waals surface area contributed by atoms with Gasteiger partial charge in [0.25, 0.3) is 5.91 Å². The molecule has 2 aromatic heterocycles. The van der Waals surface area contributed by atoms with E-state index in [2.05, 4.69) is 20.4 Å². The van der Waals surface area contributed by atoms with E-state index < -0.39 is 11.4 Å². The highest BCUT2D eigenvalue weighted by Crippen LogP contribution is 2.38. The molecule has 11 heteroatoms. The zero-order valence-corrected chi connectivity index (χ0v) is 24.1. The normalized spacial score (nSPS) is 16.3. The van der Waals surface area contributed by atoms with Crippen molar-refractivity contribution in [2.45, 2.75) is 32.2 Å². The highest BCUT2D eigenvalue weighted by atomic mass is 19.1. The molecule has 0 atom stereocenters. The molecule has 6 rings (SSSR count). The van der Waals surface area contributed by atoms with E-state index in [4.69, 9.17) is 0 Å². The zero-order valence-electron chi connectivity index (χ0n) is 24.1. The van der Waals surface area contributed by atoms with E-state index in [9.17, 15) is 18.4 Å². The van der Waals surface area contributed by atoms with Crippen LogP contribution < -0.4 is 10.2 Å². The first-order chi connectivity index (χ1) is 20.7. The van der Waals surface area contributed by atoms with Gasteiger partial charge < -0.3 is 15.1 Å². The van der Waals surface area contributed by atoms with Gasteiger partial charge >= 0.3 is 0 Å². The van der Waals surface area contributed by atoms with Gasteiger partial charge in [0.15, 0.2) is 5.69 Å². The van der Waals surface area contributed by atoms with Gasteiger partial charge in [-0.2, -0.15) is 5.10 Å². The molecule has 43 heavy (non-hydrogen) atoms. The van der Waals surface area contributed by atoms with Crippen LogP contribution in [0.25, 0.3) is 16.9 Å².